The number of alkyl halides is 1. The van der Waals surface area contributed by atoms with Crippen LogP contribution in [0.5, 0.6) is 0 Å². The third kappa shape index (κ3) is 5.15. The molecule has 4 rings (SSSR count). The minimum absolute atomic E-state index is 0.138. The zero-order valence-electron chi connectivity index (χ0n) is 20.3. The minimum atomic E-state index is -1.05. The van der Waals surface area contributed by atoms with E-state index in [2.05, 4.69) is 0 Å². The molecule has 1 fully saturated rings. The third-order valence-corrected chi connectivity index (χ3v) is 6.39. The molecule has 0 saturated carbocycles. The van der Waals surface area contributed by atoms with Crippen molar-refractivity contribution in [2.24, 2.45) is 0 Å². The number of nitro groups is 1. The second-order valence-corrected chi connectivity index (χ2v) is 8.71. The first-order valence-corrected chi connectivity index (χ1v) is 11.7. The molecule has 0 unspecified atom stereocenters. The first-order valence-electron chi connectivity index (χ1n) is 11.7. The normalized spacial score (nSPS) is 13.9. The van der Waals surface area contributed by atoms with Gasteiger partial charge in [-0.1, -0.05) is 6.08 Å². The number of amides is 1. The number of aromatic nitrogens is 1. The second kappa shape index (κ2) is 10.9. The molecular formula is C26H23F3N4O5. The van der Waals surface area contributed by atoms with Crippen molar-refractivity contribution in [3.05, 3.63) is 85.7 Å². The number of hydrogen-bond donors (Lipinski definition) is 0. The highest BCUT2D eigenvalue weighted by atomic mass is 19.1. The SMILES string of the molecule is CC(=O)N1CCN(c2c(F)cc3c(=O)c(C(=O)/C=C/c4ccc([N+](=O)[O-])cc4)cn(CCF)c3c2F)CC1. The molecule has 0 aliphatic carbocycles. The number of nitrogens with zero attached hydrogens (tertiary/aromatic N) is 4. The van der Waals surface area contributed by atoms with Crippen LogP contribution in [0.4, 0.5) is 24.5 Å². The molecule has 198 valence electrons. The molecule has 38 heavy (non-hydrogen) atoms. The lowest BCUT2D eigenvalue weighted by molar-refractivity contribution is -0.384. The molecule has 1 aliphatic heterocycles. The maximum absolute atomic E-state index is 15.7. The number of ketones is 1. The predicted octanol–water partition coefficient (Wildman–Crippen LogP) is 3.72. The van der Waals surface area contributed by atoms with Crippen LogP contribution in [0, 0.1) is 21.7 Å². The number of fused-ring (bicyclic) bond motifs is 1. The van der Waals surface area contributed by atoms with E-state index in [0.29, 0.717) is 5.56 Å². The summed E-state index contributed by atoms with van der Waals surface area (Å²) in [5.41, 5.74) is -1.73. The standard InChI is InChI=1S/C26H23F3N4O5/c1-16(34)30-10-12-31(13-11-30)25-21(28)14-19-24(23(25)29)32(9-8-27)15-20(26(19)36)22(35)7-4-17-2-5-18(6-3-17)33(37)38/h2-7,14-15H,8-13H2,1H3/b7-4+. The van der Waals surface area contributed by atoms with Crippen molar-refractivity contribution in [1.82, 2.24) is 9.47 Å². The van der Waals surface area contributed by atoms with E-state index >= 15 is 8.78 Å². The van der Waals surface area contributed by atoms with Crippen molar-refractivity contribution < 1.29 is 27.7 Å². The number of allylic oxidation sites excluding steroid dienone is 1. The van der Waals surface area contributed by atoms with E-state index < -0.39 is 45.4 Å². The van der Waals surface area contributed by atoms with Gasteiger partial charge in [0.25, 0.3) is 5.69 Å². The van der Waals surface area contributed by atoms with E-state index in [-0.39, 0.29) is 55.5 Å². The molecule has 0 atom stereocenters. The number of hydrogen-bond acceptors (Lipinski definition) is 6. The van der Waals surface area contributed by atoms with Gasteiger partial charge in [-0.15, -0.1) is 0 Å². The van der Waals surface area contributed by atoms with Gasteiger partial charge in [-0.05, 0) is 29.8 Å². The summed E-state index contributed by atoms with van der Waals surface area (Å²) in [5.74, 6) is -3.00. The molecule has 1 aromatic heterocycles. The fourth-order valence-electron chi connectivity index (χ4n) is 4.42. The summed E-state index contributed by atoms with van der Waals surface area (Å²) in [6, 6.07) is 6.16. The number of carbonyl (C=O) groups excluding carboxylic acids is 2. The van der Waals surface area contributed by atoms with Gasteiger partial charge in [0.05, 0.1) is 27.9 Å². The molecular weight excluding hydrogens is 505 g/mol. The zero-order chi connectivity index (χ0) is 27.6. The van der Waals surface area contributed by atoms with Crippen LogP contribution < -0.4 is 10.3 Å². The quantitative estimate of drug-likeness (QED) is 0.200. The molecule has 2 heterocycles. The summed E-state index contributed by atoms with van der Waals surface area (Å²) in [6.45, 7) is 0.933. The molecule has 1 aliphatic rings. The highest BCUT2D eigenvalue weighted by Crippen LogP contribution is 2.31. The van der Waals surface area contributed by atoms with Gasteiger partial charge in [-0.3, -0.25) is 24.5 Å². The number of carbonyl (C=O) groups is 2. The van der Waals surface area contributed by atoms with Gasteiger partial charge in [0.15, 0.2) is 11.6 Å². The van der Waals surface area contributed by atoms with E-state index in [1.807, 2.05) is 0 Å². The van der Waals surface area contributed by atoms with Crippen molar-refractivity contribution in [3.63, 3.8) is 0 Å². The Bertz CT molecular complexity index is 1510. The van der Waals surface area contributed by atoms with Gasteiger partial charge >= 0.3 is 0 Å². The number of aryl methyl sites for hydroxylation is 1. The lowest BCUT2D eigenvalue weighted by Gasteiger charge is -2.36. The highest BCUT2D eigenvalue weighted by molar-refractivity contribution is 6.08. The predicted molar refractivity (Wildman–Crippen MR) is 135 cm³/mol. The average Bonchev–Trinajstić information content (AvgIpc) is 2.89. The molecule has 0 radical (unpaired) electrons. The fourth-order valence-corrected chi connectivity index (χ4v) is 4.42. The lowest BCUT2D eigenvalue weighted by Crippen LogP contribution is -2.48. The lowest BCUT2D eigenvalue weighted by atomic mass is 10.0. The van der Waals surface area contributed by atoms with Gasteiger partial charge in [0.2, 0.25) is 11.3 Å². The molecule has 0 bridgehead atoms. The number of non-ortho nitro benzene ring substituents is 1. The van der Waals surface area contributed by atoms with Crippen LogP contribution in [-0.2, 0) is 11.3 Å². The van der Waals surface area contributed by atoms with Crippen molar-refractivity contribution in [2.75, 3.05) is 37.8 Å². The Kier molecular flexibility index (Phi) is 7.60. The second-order valence-electron chi connectivity index (χ2n) is 8.71. The fraction of sp³-hybridized carbons (Fsp3) is 0.269. The Labute approximate surface area is 214 Å². The van der Waals surface area contributed by atoms with Crippen LogP contribution in [0.1, 0.15) is 22.8 Å². The van der Waals surface area contributed by atoms with Crippen LogP contribution in [0.15, 0.2) is 47.4 Å². The molecule has 1 saturated heterocycles. The molecule has 0 N–H and O–H groups in total. The molecule has 0 spiro atoms. The summed E-state index contributed by atoms with van der Waals surface area (Å²) in [4.78, 5) is 50.8. The number of halogens is 3. The van der Waals surface area contributed by atoms with E-state index in [1.54, 1.807) is 4.90 Å². The largest absolute Gasteiger partial charge is 0.363 e. The molecule has 3 aromatic rings. The Morgan fingerprint density at radius 1 is 1.11 bits per heavy atom. The Morgan fingerprint density at radius 2 is 1.76 bits per heavy atom. The number of benzene rings is 2. The summed E-state index contributed by atoms with van der Waals surface area (Å²) in [7, 11) is 0. The first-order chi connectivity index (χ1) is 18.1. The van der Waals surface area contributed by atoms with Crippen LogP contribution in [0.25, 0.3) is 17.0 Å². The number of anilines is 1. The number of pyridine rings is 1. The van der Waals surface area contributed by atoms with E-state index in [4.69, 9.17) is 0 Å². The van der Waals surface area contributed by atoms with Crippen LogP contribution in [0.2, 0.25) is 0 Å². The van der Waals surface area contributed by atoms with E-state index in [0.717, 1.165) is 22.9 Å². The maximum atomic E-state index is 15.7. The van der Waals surface area contributed by atoms with Gasteiger partial charge in [0.1, 0.15) is 18.2 Å². The summed E-state index contributed by atoms with van der Waals surface area (Å²) >= 11 is 0. The van der Waals surface area contributed by atoms with E-state index in [1.165, 1.54) is 42.2 Å². The zero-order valence-corrected chi connectivity index (χ0v) is 20.3. The summed E-state index contributed by atoms with van der Waals surface area (Å²) in [6.07, 6.45) is 3.43. The number of piperazine rings is 1. The van der Waals surface area contributed by atoms with Gasteiger partial charge < -0.3 is 14.4 Å². The van der Waals surface area contributed by atoms with Crippen LogP contribution in [0.3, 0.4) is 0 Å². The van der Waals surface area contributed by atoms with Crippen molar-refractivity contribution in [1.29, 1.82) is 0 Å². The van der Waals surface area contributed by atoms with Gasteiger partial charge in [-0.2, -0.15) is 0 Å². The Balaban J connectivity index is 1.73. The Hall–Kier alpha value is -4.48. The van der Waals surface area contributed by atoms with Gasteiger partial charge in [0, 0.05) is 51.4 Å². The summed E-state index contributed by atoms with van der Waals surface area (Å²) in [5, 5.41) is 10.4. The summed E-state index contributed by atoms with van der Waals surface area (Å²) < 4.78 is 45.4. The monoisotopic (exact) mass is 528 g/mol. The van der Waals surface area contributed by atoms with Gasteiger partial charge in [-0.25, -0.2) is 13.2 Å². The maximum Gasteiger partial charge on any atom is 0.269 e. The Morgan fingerprint density at radius 3 is 2.34 bits per heavy atom. The smallest absolute Gasteiger partial charge is 0.269 e. The molecule has 1 amide bonds. The van der Waals surface area contributed by atoms with Crippen molar-refractivity contribution >= 4 is 40.0 Å². The van der Waals surface area contributed by atoms with Crippen LogP contribution in [-0.4, -0.2) is 58.9 Å². The first kappa shape index (κ1) is 26.6. The number of nitro benzene ring substituents is 1. The minimum Gasteiger partial charge on any atom is -0.363 e. The van der Waals surface area contributed by atoms with Crippen LogP contribution >= 0.6 is 0 Å². The van der Waals surface area contributed by atoms with Crippen molar-refractivity contribution in [2.45, 2.75) is 13.5 Å². The topological polar surface area (TPSA) is 106 Å². The molecule has 12 heteroatoms. The average molecular weight is 528 g/mol. The van der Waals surface area contributed by atoms with Crippen molar-refractivity contribution in [3.8, 4) is 0 Å². The molecule has 9 nitrogen and oxygen atoms in total. The third-order valence-electron chi connectivity index (χ3n) is 6.39. The van der Waals surface area contributed by atoms with E-state index in [9.17, 15) is 28.9 Å². The number of rotatable bonds is 7. The molecule has 2 aromatic carbocycles. The highest BCUT2D eigenvalue weighted by Gasteiger charge is 2.27.